The normalized spacial score (nSPS) is 20.1. The van der Waals surface area contributed by atoms with Crippen molar-refractivity contribution in [1.29, 1.82) is 0 Å². The zero-order valence-electron chi connectivity index (χ0n) is 13.9. The molecule has 124 valence electrons. The summed E-state index contributed by atoms with van der Waals surface area (Å²) in [6.45, 7) is 4.34. The number of piperidine rings is 1. The third-order valence-electron chi connectivity index (χ3n) is 4.88. The largest absolute Gasteiger partial charge is 0.333 e. The van der Waals surface area contributed by atoms with Crippen molar-refractivity contribution in [3.63, 3.8) is 0 Å². The quantitative estimate of drug-likeness (QED) is 0.741. The highest BCUT2D eigenvalue weighted by molar-refractivity contribution is 5.30. The Kier molecular flexibility index (Phi) is 4.13. The average Bonchev–Trinajstić information content (AvgIpc) is 3.34. The summed E-state index contributed by atoms with van der Waals surface area (Å²) in [6, 6.07) is 10.9. The van der Waals surface area contributed by atoms with Crippen LogP contribution in [0.25, 0.3) is 5.69 Å². The van der Waals surface area contributed by atoms with E-state index in [0.29, 0.717) is 6.04 Å². The summed E-state index contributed by atoms with van der Waals surface area (Å²) >= 11 is 0. The van der Waals surface area contributed by atoms with Gasteiger partial charge >= 0.3 is 0 Å². The molecule has 0 amide bonds. The molecule has 2 atom stereocenters. The Morgan fingerprint density at radius 2 is 2.08 bits per heavy atom. The predicted molar refractivity (Wildman–Crippen MR) is 91.8 cm³/mol. The zero-order valence-corrected chi connectivity index (χ0v) is 13.9. The molecular weight excluding hydrogens is 300 g/mol. The van der Waals surface area contributed by atoms with E-state index in [2.05, 4.69) is 37.9 Å². The van der Waals surface area contributed by atoms with Crippen LogP contribution in [0.1, 0.15) is 37.5 Å². The molecule has 0 spiro atoms. The fourth-order valence-corrected chi connectivity index (χ4v) is 3.43. The minimum atomic E-state index is 0.258. The molecule has 0 radical (unpaired) electrons. The van der Waals surface area contributed by atoms with Gasteiger partial charge in [0, 0.05) is 25.0 Å². The number of para-hydroxylation sites is 1. The average molecular weight is 322 g/mol. The van der Waals surface area contributed by atoms with Crippen molar-refractivity contribution in [3.05, 3.63) is 60.9 Å². The maximum atomic E-state index is 4.41. The van der Waals surface area contributed by atoms with Crippen molar-refractivity contribution in [2.45, 2.75) is 31.8 Å². The first-order chi connectivity index (χ1) is 11.8. The summed E-state index contributed by atoms with van der Waals surface area (Å²) in [5.41, 5.74) is 2.06. The molecule has 1 aliphatic rings. The molecule has 0 aliphatic carbocycles. The van der Waals surface area contributed by atoms with E-state index in [1.807, 2.05) is 53.7 Å². The van der Waals surface area contributed by atoms with E-state index in [1.54, 1.807) is 0 Å². The second kappa shape index (κ2) is 6.57. The zero-order chi connectivity index (χ0) is 16.4. The Bertz CT molecular complexity index is 764. The Morgan fingerprint density at radius 3 is 2.88 bits per heavy atom. The minimum absolute atomic E-state index is 0.258. The molecule has 1 saturated heterocycles. The Morgan fingerprint density at radius 1 is 1.21 bits per heavy atom. The second-order valence-corrected chi connectivity index (χ2v) is 6.40. The van der Waals surface area contributed by atoms with Gasteiger partial charge in [0.1, 0.15) is 0 Å². The van der Waals surface area contributed by atoms with Crippen LogP contribution in [-0.4, -0.2) is 42.5 Å². The molecule has 6 nitrogen and oxygen atoms in total. The molecule has 24 heavy (non-hydrogen) atoms. The Hall–Kier alpha value is -2.47. The van der Waals surface area contributed by atoms with Crippen LogP contribution in [0.3, 0.4) is 0 Å². The molecule has 2 aromatic heterocycles. The maximum Gasteiger partial charge on any atom is 0.1000 e. The molecule has 1 aromatic carbocycles. The Labute approximate surface area is 141 Å². The molecule has 0 saturated carbocycles. The number of imidazole rings is 1. The lowest BCUT2D eigenvalue weighted by Crippen LogP contribution is -2.38. The van der Waals surface area contributed by atoms with Crippen LogP contribution in [0.4, 0.5) is 0 Å². The highest BCUT2D eigenvalue weighted by Crippen LogP contribution is 2.28. The van der Waals surface area contributed by atoms with Gasteiger partial charge in [0.15, 0.2) is 0 Å². The smallest absolute Gasteiger partial charge is 0.1000 e. The highest BCUT2D eigenvalue weighted by atomic mass is 15.4. The maximum absolute atomic E-state index is 4.41. The van der Waals surface area contributed by atoms with Gasteiger partial charge in [-0.05, 0) is 38.4 Å². The lowest BCUT2D eigenvalue weighted by Gasteiger charge is -2.36. The standard InChI is InChI=1S/C18H22N6/c1-15(18-13-24(21-20-18)16-6-3-2-4-7-16)22-10-5-8-17(12-22)23-11-9-19-14-23/h2-4,6-7,9,11,13-15,17H,5,8,10,12H2,1H3. The summed E-state index contributed by atoms with van der Waals surface area (Å²) in [4.78, 5) is 6.67. The number of nitrogens with zero attached hydrogens (tertiary/aromatic N) is 6. The van der Waals surface area contributed by atoms with Gasteiger partial charge < -0.3 is 4.57 Å². The SMILES string of the molecule is CC(c1cn(-c2ccccc2)nn1)N1CCCC(n2ccnc2)C1. The first kappa shape index (κ1) is 15.1. The Balaban J connectivity index is 1.49. The summed E-state index contributed by atoms with van der Waals surface area (Å²) in [5.74, 6) is 0. The van der Waals surface area contributed by atoms with Crippen LogP contribution in [-0.2, 0) is 0 Å². The minimum Gasteiger partial charge on any atom is -0.333 e. The van der Waals surface area contributed by atoms with Gasteiger partial charge in [-0.25, -0.2) is 9.67 Å². The monoisotopic (exact) mass is 322 g/mol. The van der Waals surface area contributed by atoms with Gasteiger partial charge in [0.2, 0.25) is 0 Å². The topological polar surface area (TPSA) is 51.8 Å². The molecule has 0 N–H and O–H groups in total. The second-order valence-electron chi connectivity index (χ2n) is 6.40. The van der Waals surface area contributed by atoms with Gasteiger partial charge in [-0.2, -0.15) is 0 Å². The number of hydrogen-bond acceptors (Lipinski definition) is 4. The molecule has 6 heteroatoms. The lowest BCUT2D eigenvalue weighted by molar-refractivity contribution is 0.132. The van der Waals surface area contributed by atoms with E-state index in [4.69, 9.17) is 0 Å². The van der Waals surface area contributed by atoms with E-state index in [9.17, 15) is 0 Å². The molecule has 0 bridgehead atoms. The molecule has 4 rings (SSSR count). The first-order valence-electron chi connectivity index (χ1n) is 8.50. The van der Waals surface area contributed by atoms with Crippen LogP contribution in [0.15, 0.2) is 55.2 Å². The third kappa shape index (κ3) is 2.97. The van der Waals surface area contributed by atoms with E-state index in [0.717, 1.165) is 24.5 Å². The summed E-state index contributed by atoms with van der Waals surface area (Å²) in [6.07, 6.45) is 10.3. The van der Waals surface area contributed by atoms with Crippen molar-refractivity contribution in [2.24, 2.45) is 0 Å². The lowest BCUT2D eigenvalue weighted by atomic mass is 10.0. The van der Waals surface area contributed by atoms with Crippen molar-refractivity contribution in [1.82, 2.24) is 29.4 Å². The first-order valence-corrected chi connectivity index (χ1v) is 8.50. The van der Waals surface area contributed by atoms with Crippen molar-refractivity contribution in [2.75, 3.05) is 13.1 Å². The predicted octanol–water partition coefficient (Wildman–Crippen LogP) is 2.86. The van der Waals surface area contributed by atoms with E-state index >= 15 is 0 Å². The molecule has 1 aliphatic heterocycles. The van der Waals surface area contributed by atoms with Crippen molar-refractivity contribution < 1.29 is 0 Å². The number of rotatable bonds is 4. The van der Waals surface area contributed by atoms with Crippen LogP contribution in [0.5, 0.6) is 0 Å². The van der Waals surface area contributed by atoms with Crippen LogP contribution >= 0.6 is 0 Å². The molecule has 2 unspecified atom stereocenters. The number of benzene rings is 1. The van der Waals surface area contributed by atoms with Gasteiger partial charge in [-0.15, -0.1) is 5.10 Å². The van der Waals surface area contributed by atoms with Gasteiger partial charge in [0.05, 0.1) is 29.9 Å². The highest BCUT2D eigenvalue weighted by Gasteiger charge is 2.26. The van der Waals surface area contributed by atoms with Crippen LogP contribution in [0, 0.1) is 0 Å². The van der Waals surface area contributed by atoms with Gasteiger partial charge in [0.25, 0.3) is 0 Å². The van der Waals surface area contributed by atoms with E-state index in [-0.39, 0.29) is 6.04 Å². The summed E-state index contributed by atoms with van der Waals surface area (Å²) < 4.78 is 4.07. The fourth-order valence-electron chi connectivity index (χ4n) is 3.43. The van der Waals surface area contributed by atoms with Gasteiger partial charge in [-0.1, -0.05) is 23.4 Å². The number of hydrogen-bond donors (Lipinski definition) is 0. The van der Waals surface area contributed by atoms with Crippen LogP contribution in [0.2, 0.25) is 0 Å². The molecule has 3 aromatic rings. The summed E-state index contributed by atoms with van der Waals surface area (Å²) in [5, 5.41) is 8.70. The van der Waals surface area contributed by atoms with Crippen molar-refractivity contribution >= 4 is 0 Å². The number of aromatic nitrogens is 5. The van der Waals surface area contributed by atoms with Gasteiger partial charge in [-0.3, -0.25) is 4.90 Å². The number of likely N-dealkylation sites (tertiary alicyclic amines) is 1. The third-order valence-corrected chi connectivity index (χ3v) is 4.88. The van der Waals surface area contributed by atoms with Crippen LogP contribution < -0.4 is 0 Å². The molecule has 3 heterocycles. The van der Waals surface area contributed by atoms with E-state index < -0.39 is 0 Å². The summed E-state index contributed by atoms with van der Waals surface area (Å²) in [7, 11) is 0. The van der Waals surface area contributed by atoms with Crippen molar-refractivity contribution in [3.8, 4) is 5.69 Å². The molecular formula is C18H22N6. The fraction of sp³-hybridized carbons (Fsp3) is 0.389. The molecule has 1 fully saturated rings. The van der Waals surface area contributed by atoms with E-state index in [1.165, 1.54) is 12.8 Å².